The molecule has 0 saturated carbocycles. The largest absolute Gasteiger partial charge is 0.379 e. The van der Waals surface area contributed by atoms with Crippen molar-refractivity contribution in [1.29, 1.82) is 0 Å². The highest BCUT2D eigenvalue weighted by atomic mass is 35.5. The van der Waals surface area contributed by atoms with Crippen molar-refractivity contribution in [2.45, 2.75) is 31.4 Å². The molecule has 0 aliphatic carbocycles. The molecule has 2 N–H and O–H groups in total. The molecule has 0 aromatic heterocycles. The average molecular weight is 452 g/mol. The summed E-state index contributed by atoms with van der Waals surface area (Å²) in [5, 5.41) is 0. The molecule has 2 fully saturated rings. The first-order chi connectivity index (χ1) is 13.2. The van der Waals surface area contributed by atoms with Crippen molar-refractivity contribution in [3.05, 3.63) is 35.6 Å². The second-order valence-corrected chi connectivity index (χ2v) is 7.14. The Morgan fingerprint density at radius 1 is 1.21 bits per heavy atom. The average Bonchev–Trinajstić information content (AvgIpc) is 2.70. The van der Waals surface area contributed by atoms with Gasteiger partial charge in [0.1, 0.15) is 11.9 Å². The number of likely N-dealkylation sites (tertiary alicyclic amines) is 1. The molecule has 1 aromatic rings. The zero-order valence-electron chi connectivity index (χ0n) is 16.6. The van der Waals surface area contributed by atoms with Crippen LogP contribution in [-0.4, -0.2) is 74.4 Å². The van der Waals surface area contributed by atoms with Crippen molar-refractivity contribution >= 4 is 30.7 Å². The number of carbonyl (C=O) groups excluding carboxylic acids is 1. The Morgan fingerprint density at radius 2 is 1.90 bits per heavy atom. The third kappa shape index (κ3) is 7.35. The van der Waals surface area contributed by atoms with Crippen LogP contribution in [0.5, 0.6) is 0 Å². The van der Waals surface area contributed by atoms with Crippen molar-refractivity contribution in [2.24, 2.45) is 5.73 Å². The maximum atomic E-state index is 13.8. The summed E-state index contributed by atoms with van der Waals surface area (Å²) < 4.78 is 25.1. The number of hydrogen-bond donors (Lipinski definition) is 1. The van der Waals surface area contributed by atoms with Gasteiger partial charge in [0.05, 0.1) is 19.3 Å². The molecule has 1 atom stereocenters. The number of nitrogens with zero attached hydrogens (tertiary/aromatic N) is 2. The van der Waals surface area contributed by atoms with Crippen LogP contribution in [0, 0.1) is 5.82 Å². The molecule has 0 radical (unpaired) electrons. The molecular weight excluding hydrogens is 420 g/mol. The van der Waals surface area contributed by atoms with Crippen LogP contribution < -0.4 is 5.73 Å². The highest BCUT2D eigenvalue weighted by Gasteiger charge is 2.34. The van der Waals surface area contributed by atoms with E-state index in [-0.39, 0.29) is 42.6 Å². The standard InChI is InChI=1S/C20H30FN3O3.2ClH/c21-17-4-1-3-16(15-17)19(23-10-13-26-14-11-23)20(25)24-8-5-18(6-9-24)27-12-2-7-22;;/h1,3-4,15,18-19H,2,5-14,22H2;2*1H. The molecular formula is C20H32Cl2FN3O3. The number of piperidine rings is 1. The fourth-order valence-corrected chi connectivity index (χ4v) is 3.77. The van der Waals surface area contributed by atoms with Crippen molar-refractivity contribution in [1.82, 2.24) is 9.80 Å². The molecule has 3 rings (SSSR count). The van der Waals surface area contributed by atoms with Gasteiger partial charge in [-0.05, 0) is 43.5 Å². The van der Waals surface area contributed by atoms with E-state index in [1.54, 1.807) is 6.07 Å². The van der Waals surface area contributed by atoms with E-state index in [0.29, 0.717) is 58.1 Å². The Morgan fingerprint density at radius 3 is 2.52 bits per heavy atom. The van der Waals surface area contributed by atoms with Gasteiger partial charge >= 0.3 is 0 Å². The number of hydrogen-bond acceptors (Lipinski definition) is 5. The number of nitrogens with two attached hydrogens (primary N) is 1. The number of morpholine rings is 1. The summed E-state index contributed by atoms with van der Waals surface area (Å²) in [5.74, 6) is -0.270. The Balaban J connectivity index is 0.00000210. The first-order valence-electron chi connectivity index (χ1n) is 9.87. The lowest BCUT2D eigenvalue weighted by atomic mass is 10.0. The Hall–Kier alpha value is -0.960. The van der Waals surface area contributed by atoms with Crippen LogP contribution >= 0.6 is 24.8 Å². The summed E-state index contributed by atoms with van der Waals surface area (Å²) in [6.07, 6.45) is 2.71. The molecule has 9 heteroatoms. The minimum atomic E-state index is -0.459. The van der Waals surface area contributed by atoms with E-state index in [2.05, 4.69) is 4.90 Å². The first-order valence-corrected chi connectivity index (χ1v) is 9.87. The molecule has 29 heavy (non-hydrogen) atoms. The number of carbonyl (C=O) groups is 1. The van der Waals surface area contributed by atoms with Crippen LogP contribution in [0.3, 0.4) is 0 Å². The van der Waals surface area contributed by atoms with Gasteiger partial charge < -0.3 is 20.1 Å². The van der Waals surface area contributed by atoms with E-state index in [0.717, 1.165) is 19.3 Å². The lowest BCUT2D eigenvalue weighted by Gasteiger charge is -2.39. The zero-order valence-corrected chi connectivity index (χ0v) is 18.3. The summed E-state index contributed by atoms with van der Waals surface area (Å²) in [6.45, 7) is 5.18. The molecule has 166 valence electrons. The van der Waals surface area contributed by atoms with Gasteiger partial charge in [-0.25, -0.2) is 4.39 Å². The molecule has 2 aliphatic heterocycles. The summed E-state index contributed by atoms with van der Waals surface area (Å²) in [5.41, 5.74) is 6.21. The third-order valence-corrected chi connectivity index (χ3v) is 5.26. The smallest absolute Gasteiger partial charge is 0.244 e. The molecule has 2 heterocycles. The SMILES string of the molecule is Cl.Cl.NCCCOC1CCN(C(=O)C(c2cccc(F)c2)N2CCOCC2)CC1. The van der Waals surface area contributed by atoms with Crippen LogP contribution in [-0.2, 0) is 14.3 Å². The fraction of sp³-hybridized carbons (Fsp3) is 0.650. The predicted molar refractivity (Wildman–Crippen MR) is 115 cm³/mol. The molecule has 1 amide bonds. The maximum Gasteiger partial charge on any atom is 0.244 e. The summed E-state index contributed by atoms with van der Waals surface area (Å²) in [6, 6.07) is 5.93. The molecule has 2 aliphatic rings. The minimum absolute atomic E-state index is 0. The lowest BCUT2D eigenvalue weighted by molar-refractivity contribution is -0.141. The molecule has 1 unspecified atom stereocenters. The summed E-state index contributed by atoms with van der Waals surface area (Å²) >= 11 is 0. The summed E-state index contributed by atoms with van der Waals surface area (Å²) in [7, 11) is 0. The van der Waals surface area contributed by atoms with Gasteiger partial charge in [-0.15, -0.1) is 24.8 Å². The molecule has 0 bridgehead atoms. The number of rotatable bonds is 7. The van der Waals surface area contributed by atoms with Crippen LogP contribution in [0.2, 0.25) is 0 Å². The molecule has 0 spiro atoms. The monoisotopic (exact) mass is 451 g/mol. The molecule has 2 saturated heterocycles. The van der Waals surface area contributed by atoms with Crippen molar-refractivity contribution in [3.8, 4) is 0 Å². The van der Waals surface area contributed by atoms with Crippen molar-refractivity contribution < 1.29 is 18.7 Å². The van der Waals surface area contributed by atoms with E-state index in [4.69, 9.17) is 15.2 Å². The Labute approximate surface area is 184 Å². The first kappa shape index (κ1) is 26.1. The van der Waals surface area contributed by atoms with E-state index in [1.165, 1.54) is 12.1 Å². The quantitative estimate of drug-likeness (QED) is 0.644. The highest BCUT2D eigenvalue weighted by Crippen LogP contribution is 2.27. The van der Waals surface area contributed by atoms with Crippen LogP contribution in [0.15, 0.2) is 24.3 Å². The lowest BCUT2D eigenvalue weighted by Crippen LogP contribution is -2.49. The topological polar surface area (TPSA) is 68.0 Å². The van der Waals surface area contributed by atoms with Crippen LogP contribution in [0.25, 0.3) is 0 Å². The number of benzene rings is 1. The van der Waals surface area contributed by atoms with Gasteiger partial charge in [0, 0.05) is 32.8 Å². The minimum Gasteiger partial charge on any atom is -0.379 e. The number of amides is 1. The zero-order chi connectivity index (χ0) is 19.1. The van der Waals surface area contributed by atoms with Crippen molar-refractivity contribution in [2.75, 3.05) is 52.5 Å². The van der Waals surface area contributed by atoms with Crippen LogP contribution in [0.1, 0.15) is 30.9 Å². The van der Waals surface area contributed by atoms with Gasteiger partial charge in [-0.3, -0.25) is 9.69 Å². The fourth-order valence-electron chi connectivity index (χ4n) is 3.77. The number of halogens is 3. The van der Waals surface area contributed by atoms with E-state index in [9.17, 15) is 9.18 Å². The molecule has 6 nitrogen and oxygen atoms in total. The second kappa shape index (κ2) is 13.4. The molecule has 1 aromatic carbocycles. The van der Waals surface area contributed by atoms with E-state index >= 15 is 0 Å². The maximum absolute atomic E-state index is 13.8. The van der Waals surface area contributed by atoms with Crippen LogP contribution in [0.4, 0.5) is 4.39 Å². The highest BCUT2D eigenvalue weighted by molar-refractivity contribution is 5.85. The van der Waals surface area contributed by atoms with E-state index in [1.807, 2.05) is 11.0 Å². The number of ether oxygens (including phenoxy) is 2. The Kier molecular flexibility index (Phi) is 12.0. The predicted octanol–water partition coefficient (Wildman–Crippen LogP) is 2.40. The van der Waals surface area contributed by atoms with Gasteiger partial charge in [-0.1, -0.05) is 12.1 Å². The van der Waals surface area contributed by atoms with Crippen molar-refractivity contribution in [3.63, 3.8) is 0 Å². The third-order valence-electron chi connectivity index (χ3n) is 5.26. The second-order valence-electron chi connectivity index (χ2n) is 7.14. The normalized spacial score (nSPS) is 19.2. The van der Waals surface area contributed by atoms with Gasteiger partial charge in [-0.2, -0.15) is 0 Å². The Bertz CT molecular complexity index is 612. The summed E-state index contributed by atoms with van der Waals surface area (Å²) in [4.78, 5) is 17.3. The van der Waals surface area contributed by atoms with Gasteiger partial charge in [0.15, 0.2) is 0 Å². The van der Waals surface area contributed by atoms with Gasteiger partial charge in [0.2, 0.25) is 5.91 Å². The van der Waals surface area contributed by atoms with Gasteiger partial charge in [0.25, 0.3) is 0 Å². The van der Waals surface area contributed by atoms with E-state index < -0.39 is 6.04 Å².